The average molecular weight is 352 g/mol. The Bertz CT molecular complexity index is 812. The molecule has 0 saturated carbocycles. The number of fused-ring (bicyclic) bond motifs is 1. The van der Waals surface area contributed by atoms with Crippen LogP contribution < -0.4 is 5.43 Å². The van der Waals surface area contributed by atoms with Gasteiger partial charge in [-0.25, -0.2) is 5.01 Å². The Morgan fingerprint density at radius 2 is 2.31 bits per heavy atom. The highest BCUT2D eigenvalue weighted by Gasteiger charge is 2.30. The summed E-state index contributed by atoms with van der Waals surface area (Å²) in [6.45, 7) is 4.98. The molecule has 1 fully saturated rings. The molecule has 7 nitrogen and oxygen atoms in total. The van der Waals surface area contributed by atoms with E-state index in [1.807, 2.05) is 29.3 Å². The molecule has 7 heteroatoms. The summed E-state index contributed by atoms with van der Waals surface area (Å²) in [5.41, 5.74) is 3.29. The molecule has 2 aromatic rings. The number of anilines is 1. The Balaban J connectivity index is 1.80. The molecule has 0 bridgehead atoms. The van der Waals surface area contributed by atoms with Crippen molar-refractivity contribution in [1.29, 1.82) is 5.26 Å². The minimum absolute atomic E-state index is 0.0324. The van der Waals surface area contributed by atoms with Gasteiger partial charge in [0.2, 0.25) is 5.91 Å². The van der Waals surface area contributed by atoms with Crippen molar-refractivity contribution in [3.8, 4) is 6.07 Å². The van der Waals surface area contributed by atoms with Crippen LogP contribution in [0.2, 0.25) is 0 Å². The summed E-state index contributed by atoms with van der Waals surface area (Å²) < 4.78 is 0. The number of nitrogens with zero attached hydrogens (tertiary/aromatic N) is 5. The molecular weight excluding hydrogens is 328 g/mol. The lowest BCUT2D eigenvalue weighted by Gasteiger charge is -2.31. The van der Waals surface area contributed by atoms with Gasteiger partial charge in [-0.15, -0.1) is 5.10 Å². The largest absolute Gasteiger partial charge is 0.325 e. The molecule has 1 unspecified atom stereocenters. The maximum absolute atomic E-state index is 12.8. The Hall–Kier alpha value is -2.72. The van der Waals surface area contributed by atoms with Crippen molar-refractivity contribution in [3.05, 3.63) is 30.5 Å². The number of benzene rings is 1. The quantitative estimate of drug-likeness (QED) is 0.804. The SMILES string of the molecule is CC[C@H](C)N(CC(=O)N1CCCC1C#N)Nc1nncc2ccccc12. The van der Waals surface area contributed by atoms with Crippen LogP contribution in [-0.4, -0.2) is 51.2 Å². The summed E-state index contributed by atoms with van der Waals surface area (Å²) in [6.07, 6.45) is 4.24. The van der Waals surface area contributed by atoms with Crippen molar-refractivity contribution in [2.75, 3.05) is 18.5 Å². The van der Waals surface area contributed by atoms with Gasteiger partial charge in [0.25, 0.3) is 0 Å². The van der Waals surface area contributed by atoms with E-state index in [1.165, 1.54) is 0 Å². The zero-order valence-corrected chi connectivity index (χ0v) is 15.2. The number of likely N-dealkylation sites (tertiary alicyclic amines) is 1. The monoisotopic (exact) mass is 352 g/mol. The second kappa shape index (κ2) is 8.11. The average Bonchev–Trinajstić information content (AvgIpc) is 3.16. The van der Waals surface area contributed by atoms with E-state index in [9.17, 15) is 10.1 Å². The van der Waals surface area contributed by atoms with Crippen molar-refractivity contribution in [3.63, 3.8) is 0 Å². The van der Waals surface area contributed by atoms with Gasteiger partial charge in [0.05, 0.1) is 18.8 Å². The molecule has 1 N–H and O–H groups in total. The predicted octanol–water partition coefficient (Wildman–Crippen LogP) is 2.57. The molecule has 1 aliphatic heterocycles. The van der Waals surface area contributed by atoms with Crippen molar-refractivity contribution in [2.24, 2.45) is 0 Å². The topological polar surface area (TPSA) is 85.2 Å². The van der Waals surface area contributed by atoms with Crippen molar-refractivity contribution in [2.45, 2.75) is 45.2 Å². The fourth-order valence-electron chi connectivity index (χ4n) is 3.21. The fraction of sp³-hybridized carbons (Fsp3) is 0.474. The zero-order chi connectivity index (χ0) is 18.5. The lowest BCUT2D eigenvalue weighted by Crippen LogP contribution is -2.47. The first-order chi connectivity index (χ1) is 12.6. The Kier molecular flexibility index (Phi) is 5.64. The highest BCUT2D eigenvalue weighted by atomic mass is 16.2. The smallest absolute Gasteiger partial charge is 0.239 e. The number of hydrazine groups is 1. The van der Waals surface area contributed by atoms with E-state index in [0.29, 0.717) is 12.4 Å². The maximum Gasteiger partial charge on any atom is 0.239 e. The van der Waals surface area contributed by atoms with Gasteiger partial charge in [0.15, 0.2) is 5.82 Å². The lowest BCUT2D eigenvalue weighted by molar-refractivity contribution is -0.132. The molecule has 1 saturated heterocycles. The fourth-order valence-corrected chi connectivity index (χ4v) is 3.21. The molecule has 2 atom stereocenters. The molecular formula is C19H24N6O. The van der Waals surface area contributed by atoms with E-state index in [0.717, 1.165) is 30.0 Å². The van der Waals surface area contributed by atoms with Crippen LogP contribution in [-0.2, 0) is 4.79 Å². The van der Waals surface area contributed by atoms with E-state index in [-0.39, 0.29) is 24.5 Å². The first kappa shape index (κ1) is 18.1. The summed E-state index contributed by atoms with van der Waals surface area (Å²) in [5.74, 6) is 0.601. The summed E-state index contributed by atoms with van der Waals surface area (Å²) in [4.78, 5) is 14.4. The molecule has 26 heavy (non-hydrogen) atoms. The van der Waals surface area contributed by atoms with Crippen LogP contribution in [0.4, 0.5) is 5.82 Å². The third-order valence-corrected chi connectivity index (χ3v) is 4.97. The minimum Gasteiger partial charge on any atom is -0.325 e. The summed E-state index contributed by atoms with van der Waals surface area (Å²) in [7, 11) is 0. The van der Waals surface area contributed by atoms with Gasteiger partial charge in [-0.2, -0.15) is 10.4 Å². The summed E-state index contributed by atoms with van der Waals surface area (Å²) in [6, 6.07) is 9.92. The normalized spacial score (nSPS) is 18.1. The highest BCUT2D eigenvalue weighted by molar-refractivity contribution is 5.90. The van der Waals surface area contributed by atoms with E-state index in [1.54, 1.807) is 11.1 Å². The minimum atomic E-state index is -0.307. The number of amides is 1. The number of nitriles is 1. The first-order valence-electron chi connectivity index (χ1n) is 9.06. The Morgan fingerprint density at radius 1 is 1.50 bits per heavy atom. The molecule has 1 amide bonds. The molecule has 136 valence electrons. The van der Waals surface area contributed by atoms with Crippen LogP contribution >= 0.6 is 0 Å². The summed E-state index contributed by atoms with van der Waals surface area (Å²) in [5, 5.41) is 21.4. The lowest BCUT2D eigenvalue weighted by atomic mass is 10.2. The van der Waals surface area contributed by atoms with Gasteiger partial charge in [0.1, 0.15) is 6.04 Å². The van der Waals surface area contributed by atoms with Gasteiger partial charge in [-0.3, -0.25) is 4.79 Å². The number of carbonyl (C=O) groups excluding carboxylic acids is 1. The number of nitrogens with one attached hydrogen (secondary N) is 1. The Labute approximate surface area is 153 Å². The molecule has 0 spiro atoms. The van der Waals surface area contributed by atoms with Crippen LogP contribution in [0.3, 0.4) is 0 Å². The van der Waals surface area contributed by atoms with Crippen LogP contribution in [0, 0.1) is 11.3 Å². The van der Waals surface area contributed by atoms with Gasteiger partial charge < -0.3 is 10.3 Å². The van der Waals surface area contributed by atoms with Crippen LogP contribution in [0.25, 0.3) is 10.8 Å². The van der Waals surface area contributed by atoms with E-state index < -0.39 is 0 Å². The third-order valence-electron chi connectivity index (χ3n) is 4.97. The molecule has 3 rings (SSSR count). The highest BCUT2D eigenvalue weighted by Crippen LogP contribution is 2.22. The third kappa shape index (κ3) is 3.75. The Morgan fingerprint density at radius 3 is 3.08 bits per heavy atom. The number of hydrogen-bond acceptors (Lipinski definition) is 6. The van der Waals surface area contributed by atoms with Gasteiger partial charge in [0, 0.05) is 23.4 Å². The van der Waals surface area contributed by atoms with E-state index >= 15 is 0 Å². The summed E-state index contributed by atoms with van der Waals surface area (Å²) >= 11 is 0. The number of hydrogen-bond donors (Lipinski definition) is 1. The molecule has 1 aromatic heterocycles. The van der Waals surface area contributed by atoms with Crippen LogP contribution in [0.5, 0.6) is 0 Å². The second-order valence-electron chi connectivity index (χ2n) is 6.65. The number of aromatic nitrogens is 2. The molecule has 2 heterocycles. The van der Waals surface area contributed by atoms with Crippen molar-refractivity contribution < 1.29 is 4.79 Å². The standard InChI is InChI=1S/C19H24N6O/c1-3-14(2)25(13-18(26)24-10-6-8-16(24)11-20)23-19-17-9-5-4-7-15(17)12-21-22-19/h4-5,7,9,12,14,16H,3,6,8,10,13H2,1-2H3,(H,22,23)/t14-,16?/m0/s1. The second-order valence-corrected chi connectivity index (χ2v) is 6.65. The zero-order valence-electron chi connectivity index (χ0n) is 15.2. The van der Waals surface area contributed by atoms with Gasteiger partial charge in [-0.1, -0.05) is 31.2 Å². The maximum atomic E-state index is 12.8. The number of carbonyl (C=O) groups is 1. The van der Waals surface area contributed by atoms with Crippen LogP contribution in [0.15, 0.2) is 30.5 Å². The first-order valence-corrected chi connectivity index (χ1v) is 9.06. The van der Waals surface area contributed by atoms with Crippen molar-refractivity contribution in [1.82, 2.24) is 20.1 Å². The van der Waals surface area contributed by atoms with Gasteiger partial charge in [-0.05, 0) is 26.2 Å². The van der Waals surface area contributed by atoms with Crippen LogP contribution in [0.1, 0.15) is 33.1 Å². The molecule has 1 aliphatic rings. The predicted molar refractivity (Wildman–Crippen MR) is 100.0 cm³/mol. The molecule has 0 radical (unpaired) electrons. The van der Waals surface area contributed by atoms with Crippen molar-refractivity contribution >= 4 is 22.5 Å². The number of rotatable bonds is 6. The van der Waals surface area contributed by atoms with E-state index in [2.05, 4.69) is 35.5 Å². The van der Waals surface area contributed by atoms with Gasteiger partial charge >= 0.3 is 0 Å². The molecule has 0 aliphatic carbocycles. The molecule has 1 aromatic carbocycles. The van der Waals surface area contributed by atoms with E-state index in [4.69, 9.17) is 0 Å².